The summed E-state index contributed by atoms with van der Waals surface area (Å²) in [6.45, 7) is 0.871. The molecule has 2 nitrogen and oxygen atoms in total. The third-order valence-electron chi connectivity index (χ3n) is 3.22. The second-order valence-corrected chi connectivity index (χ2v) is 6.43. The fourth-order valence-corrected chi connectivity index (χ4v) is 3.40. The van der Waals surface area contributed by atoms with Crippen molar-refractivity contribution in [3.8, 4) is 0 Å². The summed E-state index contributed by atoms with van der Waals surface area (Å²) >= 11 is 13.8. The highest BCUT2D eigenvalue weighted by molar-refractivity contribution is 7.99. The van der Waals surface area contributed by atoms with E-state index in [0.717, 1.165) is 28.5 Å². The molecule has 3 rings (SSSR count). The number of halogens is 2. The van der Waals surface area contributed by atoms with Crippen molar-refractivity contribution in [1.29, 1.82) is 0 Å². The number of nitrogens with zero attached hydrogens (tertiary/aromatic N) is 2. The smallest absolute Gasteiger partial charge is 0.0919 e. The minimum absolute atomic E-state index is 0.771. The molecule has 104 valence electrons. The van der Waals surface area contributed by atoms with Crippen LogP contribution < -0.4 is 9.80 Å². The van der Waals surface area contributed by atoms with Crippen LogP contribution in [0.3, 0.4) is 0 Å². The Kier molecular flexibility index (Phi) is 4.29. The van der Waals surface area contributed by atoms with Crippen LogP contribution in [0.1, 0.15) is 0 Å². The van der Waals surface area contributed by atoms with Gasteiger partial charge in [0.1, 0.15) is 0 Å². The van der Waals surface area contributed by atoms with E-state index in [9.17, 15) is 0 Å². The lowest BCUT2D eigenvalue weighted by Crippen LogP contribution is -2.42. The predicted molar refractivity (Wildman–Crippen MR) is 90.1 cm³/mol. The molecule has 0 saturated carbocycles. The zero-order valence-corrected chi connectivity index (χ0v) is 13.1. The van der Waals surface area contributed by atoms with Gasteiger partial charge in [0.05, 0.1) is 18.4 Å². The summed E-state index contributed by atoms with van der Waals surface area (Å²) in [4.78, 5) is 4.66. The van der Waals surface area contributed by atoms with Gasteiger partial charge in [0.25, 0.3) is 0 Å². The number of anilines is 2. The number of hydrogen-bond donors (Lipinski definition) is 0. The molecule has 0 N–H and O–H groups in total. The van der Waals surface area contributed by atoms with Crippen LogP contribution in [0.2, 0.25) is 10.0 Å². The van der Waals surface area contributed by atoms with Gasteiger partial charge in [-0.15, -0.1) is 11.8 Å². The Morgan fingerprint density at radius 1 is 0.700 bits per heavy atom. The van der Waals surface area contributed by atoms with Gasteiger partial charge in [-0.1, -0.05) is 23.2 Å². The van der Waals surface area contributed by atoms with Crippen molar-refractivity contribution in [2.24, 2.45) is 0 Å². The molecule has 1 aliphatic heterocycles. The average Bonchev–Trinajstić information content (AvgIpc) is 2.49. The Bertz CT molecular complexity index is 520. The van der Waals surface area contributed by atoms with Gasteiger partial charge < -0.3 is 9.80 Å². The standard InChI is InChI=1S/C15H14Cl2N2S/c16-12-1-5-14(6-2-12)18-9-19(11-20-10-18)15-7-3-13(17)4-8-15/h1-8H,9-11H2. The SMILES string of the molecule is Clc1ccc(N2CSCN(c3ccc(Cl)cc3)C2)cc1. The first kappa shape index (κ1) is 13.9. The van der Waals surface area contributed by atoms with E-state index in [1.54, 1.807) is 0 Å². The van der Waals surface area contributed by atoms with Gasteiger partial charge in [-0.05, 0) is 48.5 Å². The van der Waals surface area contributed by atoms with E-state index in [-0.39, 0.29) is 0 Å². The Morgan fingerprint density at radius 3 is 1.50 bits per heavy atom. The zero-order valence-electron chi connectivity index (χ0n) is 10.8. The van der Waals surface area contributed by atoms with Gasteiger partial charge in [-0.25, -0.2) is 0 Å². The maximum Gasteiger partial charge on any atom is 0.0919 e. The quantitative estimate of drug-likeness (QED) is 0.773. The zero-order chi connectivity index (χ0) is 13.9. The van der Waals surface area contributed by atoms with Gasteiger partial charge in [0.15, 0.2) is 0 Å². The van der Waals surface area contributed by atoms with E-state index in [1.165, 1.54) is 11.4 Å². The first-order chi connectivity index (χ1) is 9.72. The van der Waals surface area contributed by atoms with Crippen molar-refractivity contribution in [1.82, 2.24) is 0 Å². The van der Waals surface area contributed by atoms with Gasteiger partial charge in [-0.3, -0.25) is 0 Å². The van der Waals surface area contributed by atoms with Crippen LogP contribution >= 0.6 is 35.0 Å². The van der Waals surface area contributed by atoms with Crippen molar-refractivity contribution < 1.29 is 0 Å². The normalized spacial score (nSPS) is 15.5. The van der Waals surface area contributed by atoms with Crippen LogP contribution in [0.25, 0.3) is 0 Å². The molecule has 1 heterocycles. The van der Waals surface area contributed by atoms with E-state index in [4.69, 9.17) is 23.2 Å². The van der Waals surface area contributed by atoms with E-state index in [1.807, 2.05) is 36.0 Å². The number of hydrogen-bond acceptors (Lipinski definition) is 3. The summed E-state index contributed by atoms with van der Waals surface area (Å²) in [5.74, 6) is 1.98. The highest BCUT2D eigenvalue weighted by Crippen LogP contribution is 2.28. The summed E-state index contributed by atoms with van der Waals surface area (Å²) in [5.41, 5.74) is 2.39. The van der Waals surface area contributed by atoms with E-state index in [2.05, 4.69) is 34.1 Å². The first-order valence-corrected chi connectivity index (χ1v) is 8.22. The maximum atomic E-state index is 5.94. The lowest BCUT2D eigenvalue weighted by Gasteiger charge is -2.37. The predicted octanol–water partition coefficient (Wildman–Crippen LogP) is 4.93. The molecule has 0 amide bonds. The van der Waals surface area contributed by atoms with Crippen LogP contribution in [0.5, 0.6) is 0 Å². The fourth-order valence-electron chi connectivity index (χ4n) is 2.17. The van der Waals surface area contributed by atoms with Crippen LogP contribution in [0.15, 0.2) is 48.5 Å². The molecule has 0 spiro atoms. The molecule has 1 aliphatic rings. The van der Waals surface area contributed by atoms with Crippen molar-refractivity contribution in [3.63, 3.8) is 0 Å². The van der Waals surface area contributed by atoms with E-state index in [0.29, 0.717) is 0 Å². The molecule has 0 atom stereocenters. The third kappa shape index (κ3) is 3.17. The van der Waals surface area contributed by atoms with Gasteiger partial charge in [0.2, 0.25) is 0 Å². The first-order valence-electron chi connectivity index (χ1n) is 6.31. The monoisotopic (exact) mass is 324 g/mol. The second-order valence-electron chi connectivity index (χ2n) is 4.64. The maximum absolute atomic E-state index is 5.94. The van der Waals surface area contributed by atoms with Crippen molar-refractivity contribution >= 4 is 46.3 Å². The molecule has 0 unspecified atom stereocenters. The molecule has 0 aliphatic carbocycles. The third-order valence-corrected chi connectivity index (χ3v) is 4.71. The Hall–Kier alpha value is -1.03. The van der Waals surface area contributed by atoms with Gasteiger partial charge in [-0.2, -0.15) is 0 Å². The topological polar surface area (TPSA) is 6.48 Å². The largest absolute Gasteiger partial charge is 0.344 e. The highest BCUT2D eigenvalue weighted by Gasteiger charge is 2.18. The second kappa shape index (κ2) is 6.17. The highest BCUT2D eigenvalue weighted by atomic mass is 35.5. The molecule has 2 aromatic carbocycles. The molecular formula is C15H14Cl2N2S. The molecule has 0 bridgehead atoms. The summed E-state index contributed by atoms with van der Waals surface area (Å²) in [7, 11) is 0. The number of rotatable bonds is 2. The molecule has 20 heavy (non-hydrogen) atoms. The van der Waals surface area contributed by atoms with Crippen LogP contribution in [0.4, 0.5) is 11.4 Å². The van der Waals surface area contributed by atoms with Crippen molar-refractivity contribution in [2.45, 2.75) is 0 Å². The van der Waals surface area contributed by atoms with Gasteiger partial charge in [0, 0.05) is 21.4 Å². The molecule has 0 aromatic heterocycles. The Balaban J connectivity index is 1.76. The molecule has 2 aromatic rings. The lowest BCUT2D eigenvalue weighted by molar-refractivity contribution is 0.809. The van der Waals surface area contributed by atoms with E-state index < -0.39 is 0 Å². The average molecular weight is 325 g/mol. The Morgan fingerprint density at radius 2 is 1.10 bits per heavy atom. The summed E-state index contributed by atoms with van der Waals surface area (Å²) < 4.78 is 0. The summed E-state index contributed by atoms with van der Waals surface area (Å²) in [6, 6.07) is 16.0. The van der Waals surface area contributed by atoms with Crippen molar-refractivity contribution in [3.05, 3.63) is 58.6 Å². The van der Waals surface area contributed by atoms with Crippen LogP contribution in [-0.4, -0.2) is 18.4 Å². The molecule has 5 heteroatoms. The van der Waals surface area contributed by atoms with Crippen LogP contribution in [-0.2, 0) is 0 Å². The molecule has 1 saturated heterocycles. The van der Waals surface area contributed by atoms with Gasteiger partial charge >= 0.3 is 0 Å². The molecule has 0 radical (unpaired) electrons. The molecular weight excluding hydrogens is 311 g/mol. The number of benzene rings is 2. The minimum atomic E-state index is 0.771. The lowest BCUT2D eigenvalue weighted by atomic mass is 10.3. The van der Waals surface area contributed by atoms with E-state index >= 15 is 0 Å². The van der Waals surface area contributed by atoms with Crippen LogP contribution in [0, 0.1) is 0 Å². The van der Waals surface area contributed by atoms with Crippen molar-refractivity contribution in [2.75, 3.05) is 28.2 Å². The summed E-state index contributed by atoms with van der Waals surface area (Å²) in [5, 5.41) is 1.54. The Labute approximate surface area is 133 Å². The summed E-state index contributed by atoms with van der Waals surface area (Å²) in [6.07, 6.45) is 0. The molecule has 1 fully saturated rings. The fraction of sp³-hybridized carbons (Fsp3) is 0.200. The number of thioether (sulfide) groups is 1. The minimum Gasteiger partial charge on any atom is -0.344 e.